The van der Waals surface area contributed by atoms with Gasteiger partial charge in [-0.1, -0.05) is 12.1 Å². The number of anilines is 1. The van der Waals surface area contributed by atoms with E-state index in [0.717, 1.165) is 40.9 Å². The molecule has 0 unspecified atom stereocenters. The van der Waals surface area contributed by atoms with E-state index in [9.17, 15) is 4.79 Å². The lowest BCUT2D eigenvalue weighted by molar-refractivity contribution is 0.102. The van der Waals surface area contributed by atoms with Gasteiger partial charge in [-0.3, -0.25) is 9.78 Å². The summed E-state index contributed by atoms with van der Waals surface area (Å²) in [6.07, 6.45) is 2.84. The van der Waals surface area contributed by atoms with Crippen molar-refractivity contribution in [2.24, 2.45) is 0 Å². The minimum Gasteiger partial charge on any atom is -0.312 e. The lowest BCUT2D eigenvalue weighted by Gasteiger charge is -2.17. The van der Waals surface area contributed by atoms with E-state index < -0.39 is 0 Å². The van der Waals surface area contributed by atoms with Crippen LogP contribution in [0, 0.1) is 0 Å². The Bertz CT molecular complexity index is 1170. The zero-order valence-electron chi connectivity index (χ0n) is 15.0. The Morgan fingerprint density at radius 3 is 2.93 bits per heavy atom. The topological polar surface area (TPSA) is 79.8 Å². The van der Waals surface area contributed by atoms with Crippen LogP contribution in [-0.2, 0) is 13.0 Å². The lowest BCUT2D eigenvalue weighted by Crippen LogP contribution is -2.24. The summed E-state index contributed by atoms with van der Waals surface area (Å²) in [6, 6.07) is 13.7. The van der Waals surface area contributed by atoms with Crippen LogP contribution in [0.5, 0.6) is 0 Å². The Morgan fingerprint density at radius 2 is 2.04 bits per heavy atom. The third-order valence-electron chi connectivity index (χ3n) is 4.90. The number of carbonyl (C=O) groups is 1. The highest BCUT2D eigenvalue weighted by molar-refractivity contribution is 7.13. The van der Waals surface area contributed by atoms with E-state index in [1.54, 1.807) is 11.3 Å². The minimum absolute atomic E-state index is 0.180. The van der Waals surface area contributed by atoms with Crippen LogP contribution in [0.15, 0.2) is 54.2 Å². The molecule has 2 aromatic heterocycles. The summed E-state index contributed by atoms with van der Waals surface area (Å²) in [6.45, 7) is 1.78. The molecule has 2 N–H and O–H groups in total. The molecule has 1 aliphatic heterocycles. The molecule has 0 saturated heterocycles. The summed E-state index contributed by atoms with van der Waals surface area (Å²) in [7, 11) is 0. The summed E-state index contributed by atoms with van der Waals surface area (Å²) in [5.41, 5.74) is 6.77. The third-order valence-corrected chi connectivity index (χ3v) is 5.72. The van der Waals surface area contributed by atoms with Crippen LogP contribution in [-0.4, -0.2) is 27.6 Å². The summed E-state index contributed by atoms with van der Waals surface area (Å²) >= 11 is 1.59. The molecular weight excluding hydrogens is 370 g/mol. The first-order valence-electron chi connectivity index (χ1n) is 9.06. The highest BCUT2D eigenvalue weighted by atomic mass is 32.1. The molecule has 0 aliphatic carbocycles. The molecule has 0 fully saturated rings. The number of carbonyl (C=O) groups excluding carboxylic acids is 1. The predicted molar refractivity (Wildman–Crippen MR) is 110 cm³/mol. The zero-order chi connectivity index (χ0) is 18.9. The van der Waals surface area contributed by atoms with Gasteiger partial charge in [0.05, 0.1) is 15.9 Å². The molecule has 0 spiro atoms. The Kier molecular flexibility index (Phi) is 4.31. The zero-order valence-corrected chi connectivity index (χ0v) is 15.8. The number of nitrogens with one attached hydrogen (secondary N) is 2. The fraction of sp³-hybridized carbons (Fsp3) is 0.143. The van der Waals surface area contributed by atoms with Crippen LogP contribution in [0.3, 0.4) is 0 Å². The molecule has 0 bridgehead atoms. The van der Waals surface area contributed by atoms with Crippen molar-refractivity contribution >= 4 is 34.0 Å². The number of hydrogen-bond acceptors (Lipinski definition) is 6. The van der Waals surface area contributed by atoms with Crippen LogP contribution in [0.2, 0.25) is 0 Å². The molecule has 138 valence electrons. The molecule has 1 aliphatic rings. The van der Waals surface area contributed by atoms with E-state index in [4.69, 9.17) is 0 Å². The van der Waals surface area contributed by atoms with Gasteiger partial charge in [-0.2, -0.15) is 0 Å². The first kappa shape index (κ1) is 17.0. The molecule has 28 heavy (non-hydrogen) atoms. The Labute approximate surface area is 165 Å². The van der Waals surface area contributed by atoms with E-state index in [-0.39, 0.29) is 5.91 Å². The number of thiazole rings is 1. The van der Waals surface area contributed by atoms with Gasteiger partial charge in [-0.15, -0.1) is 21.5 Å². The quantitative estimate of drug-likeness (QED) is 0.561. The Balaban J connectivity index is 1.42. The van der Waals surface area contributed by atoms with Gasteiger partial charge in [0.2, 0.25) is 0 Å². The molecule has 7 heteroatoms. The number of fused-ring (bicyclic) bond motifs is 2. The average Bonchev–Trinajstić information content (AvgIpc) is 3.28. The number of hydrogen-bond donors (Lipinski definition) is 2. The van der Waals surface area contributed by atoms with E-state index in [1.807, 2.05) is 54.2 Å². The maximum Gasteiger partial charge on any atom is 0.256 e. The fourth-order valence-corrected chi connectivity index (χ4v) is 4.05. The van der Waals surface area contributed by atoms with Gasteiger partial charge in [0.25, 0.3) is 5.91 Å². The molecular formula is C21H17N5OS. The molecule has 0 radical (unpaired) electrons. The largest absolute Gasteiger partial charge is 0.312 e. The number of rotatable bonds is 3. The monoisotopic (exact) mass is 387 g/mol. The van der Waals surface area contributed by atoms with Gasteiger partial charge in [0, 0.05) is 23.7 Å². The van der Waals surface area contributed by atoms with E-state index in [2.05, 4.69) is 25.8 Å². The summed E-state index contributed by atoms with van der Waals surface area (Å²) in [5.74, 6) is 0.260. The first-order valence-corrected chi connectivity index (χ1v) is 9.94. The highest BCUT2D eigenvalue weighted by Gasteiger charge is 2.13. The van der Waals surface area contributed by atoms with Crippen molar-refractivity contribution < 1.29 is 4.79 Å². The van der Waals surface area contributed by atoms with Crippen LogP contribution < -0.4 is 10.6 Å². The molecule has 1 amide bonds. The van der Waals surface area contributed by atoms with E-state index in [0.29, 0.717) is 11.4 Å². The van der Waals surface area contributed by atoms with Crippen molar-refractivity contribution in [3.8, 4) is 10.4 Å². The maximum atomic E-state index is 12.7. The molecule has 0 saturated carbocycles. The van der Waals surface area contributed by atoms with Crippen molar-refractivity contribution in [2.75, 3.05) is 11.9 Å². The van der Waals surface area contributed by atoms with E-state index in [1.165, 1.54) is 11.1 Å². The first-order chi connectivity index (χ1) is 13.8. The number of amides is 1. The van der Waals surface area contributed by atoms with Crippen molar-refractivity contribution in [3.05, 3.63) is 70.9 Å². The van der Waals surface area contributed by atoms with Crippen molar-refractivity contribution in [1.29, 1.82) is 0 Å². The summed E-state index contributed by atoms with van der Waals surface area (Å²) < 4.78 is 0. The van der Waals surface area contributed by atoms with Crippen molar-refractivity contribution in [3.63, 3.8) is 0 Å². The third kappa shape index (κ3) is 3.26. The average molecular weight is 387 g/mol. The second kappa shape index (κ2) is 7.10. The van der Waals surface area contributed by atoms with Crippen molar-refractivity contribution in [1.82, 2.24) is 20.5 Å². The smallest absolute Gasteiger partial charge is 0.256 e. The van der Waals surface area contributed by atoms with Crippen LogP contribution in [0.4, 0.5) is 5.82 Å². The van der Waals surface area contributed by atoms with Gasteiger partial charge in [0.15, 0.2) is 5.82 Å². The minimum atomic E-state index is -0.180. The normalized spacial score (nSPS) is 13.3. The fourth-order valence-electron chi connectivity index (χ4n) is 3.43. The molecule has 5 rings (SSSR count). The highest BCUT2D eigenvalue weighted by Crippen LogP contribution is 2.27. The Morgan fingerprint density at radius 1 is 1.07 bits per heavy atom. The predicted octanol–water partition coefficient (Wildman–Crippen LogP) is 3.65. The summed E-state index contributed by atoms with van der Waals surface area (Å²) in [4.78, 5) is 17.9. The van der Waals surface area contributed by atoms with Crippen molar-refractivity contribution in [2.45, 2.75) is 13.0 Å². The van der Waals surface area contributed by atoms with Gasteiger partial charge in [-0.05, 0) is 60.0 Å². The van der Waals surface area contributed by atoms with Crippen LogP contribution in [0.25, 0.3) is 21.3 Å². The van der Waals surface area contributed by atoms with Gasteiger partial charge >= 0.3 is 0 Å². The Hall–Kier alpha value is -3.16. The summed E-state index contributed by atoms with van der Waals surface area (Å²) in [5, 5.41) is 15.5. The van der Waals surface area contributed by atoms with Gasteiger partial charge in [0.1, 0.15) is 0 Å². The molecule has 0 atom stereocenters. The van der Waals surface area contributed by atoms with Gasteiger partial charge in [-0.25, -0.2) is 0 Å². The van der Waals surface area contributed by atoms with Gasteiger partial charge < -0.3 is 10.6 Å². The second-order valence-corrected chi connectivity index (χ2v) is 7.62. The molecule has 2 aromatic carbocycles. The van der Waals surface area contributed by atoms with Crippen LogP contribution in [0.1, 0.15) is 21.5 Å². The standard InChI is InChI=1S/C21H17N5OS/c27-21(15-2-1-13-5-6-22-10-17(13)8-15)24-20-9-16-7-14(19-11-23-12-28-19)3-4-18(16)25-26-20/h1-4,7-9,11-12,22H,5-6,10H2,(H,24,26,27). The second-order valence-electron chi connectivity index (χ2n) is 6.73. The lowest BCUT2D eigenvalue weighted by atomic mass is 9.98. The SMILES string of the molecule is O=C(Nc1cc2cc(-c3cncs3)ccc2nn1)c1ccc2c(c1)CNCC2. The maximum absolute atomic E-state index is 12.7. The molecule has 4 aromatic rings. The van der Waals surface area contributed by atoms with Crippen LogP contribution >= 0.6 is 11.3 Å². The number of benzene rings is 2. The number of nitrogens with zero attached hydrogens (tertiary/aromatic N) is 3. The molecule has 3 heterocycles. The number of aromatic nitrogens is 3. The molecule has 6 nitrogen and oxygen atoms in total. The van der Waals surface area contributed by atoms with E-state index >= 15 is 0 Å².